The Morgan fingerprint density at radius 2 is 1.73 bits per heavy atom. The maximum absolute atomic E-state index is 13.7. The maximum atomic E-state index is 13.7. The van der Waals surface area contributed by atoms with E-state index >= 15 is 0 Å². The van der Waals surface area contributed by atoms with E-state index in [2.05, 4.69) is 14.9 Å². The Bertz CT molecular complexity index is 1020. The van der Waals surface area contributed by atoms with E-state index in [4.69, 9.17) is 0 Å². The van der Waals surface area contributed by atoms with Crippen molar-refractivity contribution in [3.05, 3.63) is 78.0 Å². The van der Waals surface area contributed by atoms with Crippen LogP contribution in [0.4, 0.5) is 14.6 Å². The lowest BCUT2D eigenvalue weighted by Crippen LogP contribution is -2.49. The minimum atomic E-state index is -0.493. The zero-order chi connectivity index (χ0) is 20.9. The van der Waals surface area contributed by atoms with Crippen LogP contribution in [0.5, 0.6) is 0 Å². The SMILES string of the molecule is O=C(CCc1cc(F)ccc1F)N1CCN(c2ccnc(-c3ccccc3)n2)CC1. The molecule has 0 unspecified atom stereocenters. The van der Waals surface area contributed by atoms with Crippen molar-refractivity contribution in [1.82, 2.24) is 14.9 Å². The number of benzene rings is 2. The monoisotopic (exact) mass is 408 g/mol. The molecule has 0 bridgehead atoms. The van der Waals surface area contributed by atoms with Crippen molar-refractivity contribution in [2.75, 3.05) is 31.1 Å². The van der Waals surface area contributed by atoms with Gasteiger partial charge in [0.25, 0.3) is 0 Å². The summed E-state index contributed by atoms with van der Waals surface area (Å²) in [5.74, 6) is 0.478. The van der Waals surface area contributed by atoms with Crippen LogP contribution in [-0.4, -0.2) is 47.0 Å². The molecule has 0 radical (unpaired) electrons. The van der Waals surface area contributed by atoms with Gasteiger partial charge in [-0.2, -0.15) is 0 Å². The number of nitrogens with zero attached hydrogens (tertiary/aromatic N) is 4. The molecule has 154 valence electrons. The van der Waals surface area contributed by atoms with Gasteiger partial charge in [0, 0.05) is 44.4 Å². The van der Waals surface area contributed by atoms with E-state index in [0.717, 1.165) is 29.6 Å². The van der Waals surface area contributed by atoms with E-state index in [0.29, 0.717) is 32.0 Å². The van der Waals surface area contributed by atoms with Crippen molar-refractivity contribution in [3.63, 3.8) is 0 Å². The summed E-state index contributed by atoms with van der Waals surface area (Å²) in [6, 6.07) is 15.0. The second-order valence-electron chi connectivity index (χ2n) is 7.21. The van der Waals surface area contributed by atoms with E-state index in [1.165, 1.54) is 0 Å². The predicted octanol–water partition coefficient (Wildman–Crippen LogP) is 3.70. The van der Waals surface area contributed by atoms with Crippen molar-refractivity contribution in [2.45, 2.75) is 12.8 Å². The largest absolute Gasteiger partial charge is 0.353 e. The molecule has 1 aliphatic heterocycles. The quantitative estimate of drug-likeness (QED) is 0.646. The fourth-order valence-electron chi connectivity index (χ4n) is 3.57. The van der Waals surface area contributed by atoms with Crippen LogP contribution in [0.25, 0.3) is 11.4 Å². The molecule has 7 heteroatoms. The van der Waals surface area contributed by atoms with Gasteiger partial charge in [0.15, 0.2) is 5.82 Å². The Hall–Kier alpha value is -3.35. The average molecular weight is 408 g/mol. The Labute approximate surface area is 174 Å². The summed E-state index contributed by atoms with van der Waals surface area (Å²) in [5.41, 5.74) is 1.19. The van der Waals surface area contributed by atoms with Gasteiger partial charge in [-0.05, 0) is 36.2 Å². The minimum Gasteiger partial charge on any atom is -0.353 e. The average Bonchev–Trinajstić information content (AvgIpc) is 2.80. The van der Waals surface area contributed by atoms with Gasteiger partial charge in [-0.1, -0.05) is 30.3 Å². The first-order valence-electron chi connectivity index (χ1n) is 9.95. The molecular formula is C23H22F2N4O. The van der Waals surface area contributed by atoms with Crippen LogP contribution >= 0.6 is 0 Å². The van der Waals surface area contributed by atoms with Crippen LogP contribution in [0.1, 0.15) is 12.0 Å². The molecule has 1 aromatic heterocycles. The highest BCUT2D eigenvalue weighted by molar-refractivity contribution is 5.76. The zero-order valence-electron chi connectivity index (χ0n) is 16.5. The molecule has 0 N–H and O–H groups in total. The fraction of sp³-hybridized carbons (Fsp3) is 0.261. The van der Waals surface area contributed by atoms with Gasteiger partial charge in [-0.3, -0.25) is 4.79 Å². The van der Waals surface area contributed by atoms with Crippen LogP contribution < -0.4 is 4.90 Å². The lowest BCUT2D eigenvalue weighted by Gasteiger charge is -2.35. The molecule has 1 aliphatic rings. The molecule has 0 atom stereocenters. The highest BCUT2D eigenvalue weighted by atomic mass is 19.1. The van der Waals surface area contributed by atoms with E-state index in [-0.39, 0.29) is 24.3 Å². The molecule has 0 spiro atoms. The summed E-state index contributed by atoms with van der Waals surface area (Å²) in [6.07, 6.45) is 2.09. The maximum Gasteiger partial charge on any atom is 0.223 e. The standard InChI is InChI=1S/C23H22F2N4O/c24-19-7-8-20(25)18(16-19)6-9-22(30)29-14-12-28(13-15-29)21-10-11-26-23(27-21)17-4-2-1-3-5-17/h1-5,7-8,10-11,16H,6,9,12-15H2. The van der Waals surface area contributed by atoms with Gasteiger partial charge in [0.2, 0.25) is 5.91 Å². The van der Waals surface area contributed by atoms with Gasteiger partial charge in [0.1, 0.15) is 17.5 Å². The van der Waals surface area contributed by atoms with Crippen molar-refractivity contribution in [2.24, 2.45) is 0 Å². The number of carbonyl (C=O) groups is 1. The molecule has 1 fully saturated rings. The number of anilines is 1. The third kappa shape index (κ3) is 4.62. The van der Waals surface area contributed by atoms with E-state index in [1.54, 1.807) is 11.1 Å². The van der Waals surface area contributed by atoms with Crippen molar-refractivity contribution in [1.29, 1.82) is 0 Å². The Morgan fingerprint density at radius 1 is 0.967 bits per heavy atom. The molecule has 0 saturated carbocycles. The Kier molecular flexibility index (Phi) is 5.97. The molecule has 30 heavy (non-hydrogen) atoms. The number of amides is 1. The molecule has 2 aromatic carbocycles. The van der Waals surface area contributed by atoms with Gasteiger partial charge in [-0.15, -0.1) is 0 Å². The number of halogens is 2. The summed E-state index contributed by atoms with van der Waals surface area (Å²) in [7, 11) is 0. The van der Waals surface area contributed by atoms with E-state index in [9.17, 15) is 13.6 Å². The van der Waals surface area contributed by atoms with Crippen LogP contribution in [0.2, 0.25) is 0 Å². The molecule has 0 aliphatic carbocycles. The minimum absolute atomic E-state index is 0.0500. The van der Waals surface area contributed by atoms with Gasteiger partial charge < -0.3 is 9.80 Å². The molecule has 1 saturated heterocycles. The lowest BCUT2D eigenvalue weighted by molar-refractivity contribution is -0.131. The van der Waals surface area contributed by atoms with Crippen molar-refractivity contribution >= 4 is 11.7 Å². The van der Waals surface area contributed by atoms with Crippen LogP contribution in [0, 0.1) is 11.6 Å². The smallest absolute Gasteiger partial charge is 0.223 e. The Morgan fingerprint density at radius 3 is 2.50 bits per heavy atom. The van der Waals surface area contributed by atoms with Crippen LogP contribution in [0.3, 0.4) is 0 Å². The molecule has 4 rings (SSSR count). The van der Waals surface area contributed by atoms with Gasteiger partial charge in [-0.25, -0.2) is 18.7 Å². The van der Waals surface area contributed by atoms with E-state index < -0.39 is 11.6 Å². The first-order valence-corrected chi connectivity index (χ1v) is 9.95. The summed E-state index contributed by atoms with van der Waals surface area (Å²) in [6.45, 7) is 2.45. The first kappa shape index (κ1) is 19.9. The van der Waals surface area contributed by atoms with Crippen LogP contribution in [0.15, 0.2) is 60.8 Å². The number of hydrogen-bond acceptors (Lipinski definition) is 4. The summed E-state index contributed by atoms with van der Waals surface area (Å²) < 4.78 is 27.0. The highest BCUT2D eigenvalue weighted by Gasteiger charge is 2.22. The third-order valence-corrected chi connectivity index (χ3v) is 5.25. The Balaban J connectivity index is 1.34. The van der Waals surface area contributed by atoms with Crippen LogP contribution in [-0.2, 0) is 11.2 Å². The molecule has 2 heterocycles. The molecule has 5 nitrogen and oxygen atoms in total. The third-order valence-electron chi connectivity index (χ3n) is 5.25. The number of rotatable bonds is 5. The van der Waals surface area contributed by atoms with Gasteiger partial charge in [0.05, 0.1) is 0 Å². The number of carbonyl (C=O) groups excluding carboxylic acids is 1. The lowest BCUT2D eigenvalue weighted by atomic mass is 10.1. The summed E-state index contributed by atoms with van der Waals surface area (Å²) >= 11 is 0. The normalized spacial score (nSPS) is 14.1. The predicted molar refractivity (Wildman–Crippen MR) is 111 cm³/mol. The number of aryl methyl sites for hydroxylation is 1. The summed E-state index contributed by atoms with van der Waals surface area (Å²) in [5, 5.41) is 0. The number of piperazine rings is 1. The molecule has 1 amide bonds. The number of hydrogen-bond donors (Lipinski definition) is 0. The fourth-order valence-corrected chi connectivity index (χ4v) is 3.57. The topological polar surface area (TPSA) is 49.3 Å². The summed E-state index contributed by atoms with van der Waals surface area (Å²) in [4.78, 5) is 25.4. The first-order chi connectivity index (χ1) is 14.6. The van der Waals surface area contributed by atoms with Crippen molar-refractivity contribution < 1.29 is 13.6 Å². The van der Waals surface area contributed by atoms with Gasteiger partial charge >= 0.3 is 0 Å². The highest BCUT2D eigenvalue weighted by Crippen LogP contribution is 2.20. The van der Waals surface area contributed by atoms with Crippen molar-refractivity contribution in [3.8, 4) is 11.4 Å². The second kappa shape index (κ2) is 8.98. The zero-order valence-corrected chi connectivity index (χ0v) is 16.5. The second-order valence-corrected chi connectivity index (χ2v) is 7.21. The molecule has 3 aromatic rings. The molecular weight excluding hydrogens is 386 g/mol. The number of aromatic nitrogens is 2. The van der Waals surface area contributed by atoms with E-state index in [1.807, 2.05) is 36.4 Å².